The number of urea groups is 1. The van der Waals surface area contributed by atoms with Crippen molar-refractivity contribution in [3.8, 4) is 5.75 Å². The second kappa shape index (κ2) is 8.77. The van der Waals surface area contributed by atoms with Crippen LogP contribution in [0.3, 0.4) is 0 Å². The number of carbonyl (C=O) groups is 2. The van der Waals surface area contributed by atoms with Gasteiger partial charge in [-0.25, -0.2) is 9.79 Å². The van der Waals surface area contributed by atoms with Gasteiger partial charge in [0.2, 0.25) is 5.96 Å². The van der Waals surface area contributed by atoms with Gasteiger partial charge in [-0.3, -0.25) is 9.69 Å². The molecule has 0 aromatic heterocycles. The van der Waals surface area contributed by atoms with Gasteiger partial charge in [-0.05, 0) is 49.6 Å². The zero-order valence-electron chi connectivity index (χ0n) is 19.1. The third kappa shape index (κ3) is 3.79. The Morgan fingerprint density at radius 3 is 2.52 bits per heavy atom. The summed E-state index contributed by atoms with van der Waals surface area (Å²) in [6.07, 6.45) is 1.07. The largest absolute Gasteiger partial charge is 0.494 e. The smallest absolute Gasteiger partial charge is 0.328 e. The topological polar surface area (TPSA) is 68.7 Å². The molecule has 2 fully saturated rings. The minimum atomic E-state index is -0.490. The molecule has 0 bridgehead atoms. The zero-order valence-corrected chi connectivity index (χ0v) is 19.1. The number of rotatable bonds is 7. The molecule has 2 unspecified atom stereocenters. The Morgan fingerprint density at radius 2 is 1.79 bits per heavy atom. The number of hydrogen-bond donors (Lipinski definition) is 0. The van der Waals surface area contributed by atoms with Crippen molar-refractivity contribution in [1.29, 1.82) is 0 Å². The average molecular weight is 448 g/mol. The summed E-state index contributed by atoms with van der Waals surface area (Å²) in [7, 11) is 1.74. The highest BCUT2D eigenvalue weighted by Crippen LogP contribution is 2.33. The SMILES string of the molecule is CCOc1ccc(N2CCN3C2=NC2C3C(=O)N(CCCc3ccccc3)C(=O)N2C)cc1. The van der Waals surface area contributed by atoms with Crippen molar-refractivity contribution in [3.63, 3.8) is 0 Å². The summed E-state index contributed by atoms with van der Waals surface area (Å²) in [5.74, 6) is 1.43. The number of hydrogen-bond acceptors (Lipinski definition) is 6. The number of benzene rings is 2. The van der Waals surface area contributed by atoms with Crippen molar-refractivity contribution in [1.82, 2.24) is 14.7 Å². The van der Waals surface area contributed by atoms with Gasteiger partial charge in [0.1, 0.15) is 5.75 Å². The summed E-state index contributed by atoms with van der Waals surface area (Å²) in [5, 5.41) is 0. The molecule has 2 saturated heterocycles. The van der Waals surface area contributed by atoms with Crippen molar-refractivity contribution < 1.29 is 14.3 Å². The molecule has 5 rings (SSSR count). The zero-order chi connectivity index (χ0) is 22.9. The second-order valence-corrected chi connectivity index (χ2v) is 8.53. The Labute approximate surface area is 194 Å². The number of aliphatic imine (C=N–C) groups is 1. The first-order valence-electron chi connectivity index (χ1n) is 11.6. The maximum absolute atomic E-state index is 13.4. The number of anilines is 1. The van der Waals surface area contributed by atoms with E-state index in [1.807, 2.05) is 49.4 Å². The molecule has 2 aromatic rings. The third-order valence-electron chi connectivity index (χ3n) is 6.53. The number of carbonyl (C=O) groups excluding carboxylic acids is 2. The van der Waals surface area contributed by atoms with Gasteiger partial charge in [0.25, 0.3) is 5.91 Å². The predicted octanol–water partition coefficient (Wildman–Crippen LogP) is 2.80. The van der Waals surface area contributed by atoms with Crippen LogP contribution in [0.4, 0.5) is 10.5 Å². The van der Waals surface area contributed by atoms with E-state index in [1.165, 1.54) is 10.5 Å². The minimum absolute atomic E-state index is 0.150. The molecule has 3 amide bonds. The Balaban J connectivity index is 1.30. The number of fused-ring (bicyclic) bond motifs is 3. The summed E-state index contributed by atoms with van der Waals surface area (Å²) in [4.78, 5) is 38.4. The Bertz CT molecular complexity index is 1060. The van der Waals surface area contributed by atoms with Crippen LogP contribution < -0.4 is 9.64 Å². The fraction of sp³-hybridized carbons (Fsp3) is 0.400. The van der Waals surface area contributed by atoms with Crippen molar-refractivity contribution in [2.75, 3.05) is 38.2 Å². The lowest BCUT2D eigenvalue weighted by Crippen LogP contribution is -2.64. The fourth-order valence-electron chi connectivity index (χ4n) is 4.86. The average Bonchev–Trinajstić information content (AvgIpc) is 3.41. The van der Waals surface area contributed by atoms with Crippen molar-refractivity contribution >= 4 is 23.6 Å². The molecule has 172 valence electrons. The fourth-order valence-corrected chi connectivity index (χ4v) is 4.86. The lowest BCUT2D eigenvalue weighted by molar-refractivity contribution is -0.137. The van der Waals surface area contributed by atoms with Crippen LogP contribution in [-0.2, 0) is 11.2 Å². The second-order valence-electron chi connectivity index (χ2n) is 8.53. The van der Waals surface area contributed by atoms with Crippen LogP contribution in [0.25, 0.3) is 0 Å². The highest BCUT2D eigenvalue weighted by Gasteiger charge is 2.54. The number of nitrogens with zero attached hydrogens (tertiary/aromatic N) is 5. The molecule has 8 nitrogen and oxygen atoms in total. The molecule has 3 aliphatic heterocycles. The van der Waals surface area contributed by atoms with Crippen LogP contribution >= 0.6 is 0 Å². The van der Waals surface area contributed by atoms with Gasteiger partial charge in [-0.15, -0.1) is 0 Å². The van der Waals surface area contributed by atoms with Gasteiger partial charge >= 0.3 is 6.03 Å². The van der Waals surface area contributed by atoms with Crippen LogP contribution in [0, 0.1) is 0 Å². The van der Waals surface area contributed by atoms with Gasteiger partial charge in [-0.2, -0.15) is 0 Å². The number of imide groups is 1. The van der Waals surface area contributed by atoms with E-state index < -0.39 is 12.2 Å². The molecule has 2 aromatic carbocycles. The number of likely N-dealkylation sites (N-methyl/N-ethyl adjacent to an activating group) is 1. The highest BCUT2D eigenvalue weighted by molar-refractivity contribution is 6.08. The van der Waals surface area contributed by atoms with Crippen molar-refractivity contribution in [2.45, 2.75) is 32.0 Å². The van der Waals surface area contributed by atoms with Crippen LogP contribution in [-0.4, -0.2) is 78.1 Å². The van der Waals surface area contributed by atoms with E-state index in [2.05, 4.69) is 21.9 Å². The van der Waals surface area contributed by atoms with E-state index in [9.17, 15) is 9.59 Å². The Morgan fingerprint density at radius 1 is 1.03 bits per heavy atom. The van der Waals surface area contributed by atoms with Gasteiger partial charge in [0.05, 0.1) is 6.61 Å². The number of ether oxygens (including phenoxy) is 1. The molecule has 2 atom stereocenters. The highest BCUT2D eigenvalue weighted by atomic mass is 16.5. The monoisotopic (exact) mass is 447 g/mol. The quantitative estimate of drug-likeness (QED) is 0.653. The molecule has 0 aliphatic carbocycles. The standard InChI is InChI=1S/C25H29N5O3/c1-3-33-20-13-11-19(12-14-20)28-16-17-29-21-22(26-24(28)29)27(2)25(32)30(23(21)31)15-7-10-18-8-5-4-6-9-18/h4-6,8-9,11-14,21-22H,3,7,10,15-17H2,1-2H3. The summed E-state index contributed by atoms with van der Waals surface area (Å²) >= 11 is 0. The third-order valence-corrected chi connectivity index (χ3v) is 6.53. The van der Waals surface area contributed by atoms with E-state index in [-0.39, 0.29) is 11.9 Å². The predicted molar refractivity (Wildman–Crippen MR) is 126 cm³/mol. The number of guanidine groups is 1. The van der Waals surface area contributed by atoms with Crippen LogP contribution in [0.15, 0.2) is 59.6 Å². The molecular formula is C25H29N5O3. The Kier molecular flexibility index (Phi) is 5.66. The molecule has 3 aliphatic rings. The normalized spacial score (nSPS) is 21.9. The molecule has 0 N–H and O–H groups in total. The van der Waals surface area contributed by atoms with E-state index in [0.29, 0.717) is 19.7 Å². The van der Waals surface area contributed by atoms with E-state index >= 15 is 0 Å². The van der Waals surface area contributed by atoms with Crippen molar-refractivity contribution in [3.05, 3.63) is 60.2 Å². The maximum Gasteiger partial charge on any atom is 0.328 e. The lowest BCUT2D eigenvalue weighted by atomic mass is 10.1. The number of aryl methyl sites for hydroxylation is 1. The molecule has 8 heteroatoms. The van der Waals surface area contributed by atoms with E-state index in [4.69, 9.17) is 9.73 Å². The minimum Gasteiger partial charge on any atom is -0.494 e. The van der Waals surface area contributed by atoms with Crippen molar-refractivity contribution in [2.24, 2.45) is 4.99 Å². The van der Waals surface area contributed by atoms with Gasteiger partial charge in [0, 0.05) is 32.4 Å². The van der Waals surface area contributed by atoms with Gasteiger partial charge in [-0.1, -0.05) is 30.3 Å². The van der Waals surface area contributed by atoms with Crippen LogP contribution in [0.2, 0.25) is 0 Å². The summed E-state index contributed by atoms with van der Waals surface area (Å²) < 4.78 is 5.55. The summed E-state index contributed by atoms with van der Waals surface area (Å²) in [5.41, 5.74) is 2.21. The first kappa shape index (κ1) is 21.3. The van der Waals surface area contributed by atoms with E-state index in [0.717, 1.165) is 36.8 Å². The maximum atomic E-state index is 13.4. The van der Waals surface area contributed by atoms with Gasteiger partial charge in [0.15, 0.2) is 12.2 Å². The molecule has 0 spiro atoms. The van der Waals surface area contributed by atoms with Gasteiger partial charge < -0.3 is 19.4 Å². The number of amides is 3. The molecular weight excluding hydrogens is 418 g/mol. The Hall–Kier alpha value is -3.55. The molecule has 3 heterocycles. The van der Waals surface area contributed by atoms with Crippen LogP contribution in [0.1, 0.15) is 18.9 Å². The first-order valence-corrected chi connectivity index (χ1v) is 11.6. The van der Waals surface area contributed by atoms with Crippen LogP contribution in [0.5, 0.6) is 5.75 Å². The summed E-state index contributed by atoms with van der Waals surface area (Å²) in [6, 6.07) is 17.3. The van der Waals surface area contributed by atoms with E-state index in [1.54, 1.807) is 11.9 Å². The first-order chi connectivity index (χ1) is 16.1. The lowest BCUT2D eigenvalue weighted by Gasteiger charge is -2.40. The molecule has 0 radical (unpaired) electrons. The molecule has 0 saturated carbocycles. The molecule has 33 heavy (non-hydrogen) atoms. The summed E-state index contributed by atoms with van der Waals surface area (Å²) in [6.45, 7) is 4.43.